The van der Waals surface area contributed by atoms with Crippen molar-refractivity contribution in [3.8, 4) is 0 Å². The second kappa shape index (κ2) is 13.4. The van der Waals surface area contributed by atoms with Crippen molar-refractivity contribution >= 4 is 35.1 Å². The molecule has 4 rings (SSSR count). The van der Waals surface area contributed by atoms with Gasteiger partial charge in [0, 0.05) is 5.69 Å². The summed E-state index contributed by atoms with van der Waals surface area (Å²) in [5, 5.41) is 0. The van der Waals surface area contributed by atoms with Crippen molar-refractivity contribution in [3.63, 3.8) is 0 Å². The average Bonchev–Trinajstić information content (AvgIpc) is 3.08. The number of hydrogen-bond donors (Lipinski definition) is 1. The Morgan fingerprint density at radius 2 is 1.57 bits per heavy atom. The lowest BCUT2D eigenvalue weighted by molar-refractivity contribution is -0.202. The molecule has 1 atom stereocenters. The molecule has 3 aromatic rings. The third-order valence-electron chi connectivity index (χ3n) is 6.89. The van der Waals surface area contributed by atoms with E-state index in [0.717, 1.165) is 29.7 Å². The van der Waals surface area contributed by atoms with Crippen LogP contribution >= 0.6 is 0 Å². The zero-order valence-corrected chi connectivity index (χ0v) is 22.7. The molecule has 1 aliphatic rings. The molecule has 2 amide bonds. The van der Waals surface area contributed by atoms with E-state index in [1.165, 1.54) is 4.90 Å². The van der Waals surface area contributed by atoms with Crippen LogP contribution in [0.3, 0.4) is 0 Å². The number of alkyl halides is 3. The molecule has 0 radical (unpaired) electrons. The number of fused-ring (bicyclic) bond motifs is 1. The fraction of sp³-hybridized carbons (Fsp3) is 0.290. The Labute approximate surface area is 240 Å². The molecule has 0 bridgehead atoms. The van der Waals surface area contributed by atoms with Crippen LogP contribution in [0, 0.1) is 0 Å². The topological polar surface area (TPSA) is 110 Å². The quantitative estimate of drug-likeness (QED) is 0.199. The van der Waals surface area contributed by atoms with Gasteiger partial charge in [-0.05, 0) is 61.2 Å². The van der Waals surface area contributed by atoms with Gasteiger partial charge in [-0.1, -0.05) is 61.0 Å². The van der Waals surface area contributed by atoms with Crippen molar-refractivity contribution < 1.29 is 37.1 Å². The summed E-state index contributed by atoms with van der Waals surface area (Å²) in [6.45, 7) is 0.0813. The molecule has 1 aliphatic heterocycles. The summed E-state index contributed by atoms with van der Waals surface area (Å²) in [4.78, 5) is 54.5. The molecule has 1 unspecified atom stereocenters. The van der Waals surface area contributed by atoms with E-state index in [1.54, 1.807) is 72.8 Å². The highest BCUT2D eigenvalue weighted by atomic mass is 19.4. The van der Waals surface area contributed by atoms with E-state index < -0.39 is 48.9 Å². The Bertz CT molecular complexity index is 1430. The van der Waals surface area contributed by atoms with E-state index in [-0.39, 0.29) is 5.56 Å². The number of nitrogens with zero attached hydrogens (tertiary/aromatic N) is 2. The van der Waals surface area contributed by atoms with Crippen molar-refractivity contribution in [2.24, 2.45) is 5.73 Å². The number of carbonyl (C=O) groups excluding carboxylic acids is 4. The molecule has 0 aliphatic carbocycles. The van der Waals surface area contributed by atoms with Crippen molar-refractivity contribution in [2.45, 2.75) is 44.3 Å². The second-order valence-electron chi connectivity index (χ2n) is 9.84. The molecule has 0 spiro atoms. The lowest BCUT2D eigenvalue weighted by Crippen LogP contribution is -2.41. The van der Waals surface area contributed by atoms with Crippen LogP contribution < -0.4 is 10.6 Å². The van der Waals surface area contributed by atoms with Gasteiger partial charge in [0.15, 0.2) is 0 Å². The number of aryl methyl sites for hydroxylation is 1. The summed E-state index contributed by atoms with van der Waals surface area (Å²) in [7, 11) is 0. The Hall–Kier alpha value is -4.51. The number of ether oxygens (including phenoxy) is 1. The van der Waals surface area contributed by atoms with E-state index in [0.29, 0.717) is 29.9 Å². The zero-order chi connectivity index (χ0) is 30.3. The molecular weight excluding hydrogens is 551 g/mol. The van der Waals surface area contributed by atoms with Crippen LogP contribution in [0.25, 0.3) is 0 Å². The van der Waals surface area contributed by atoms with Gasteiger partial charge in [-0.15, -0.1) is 0 Å². The van der Waals surface area contributed by atoms with E-state index in [1.807, 2.05) is 6.07 Å². The third kappa shape index (κ3) is 7.22. The molecule has 0 saturated carbocycles. The van der Waals surface area contributed by atoms with Crippen LogP contribution in [-0.4, -0.2) is 47.9 Å². The van der Waals surface area contributed by atoms with Gasteiger partial charge >= 0.3 is 18.1 Å². The molecular formula is C31H30F3N3O5. The van der Waals surface area contributed by atoms with Gasteiger partial charge in [-0.2, -0.15) is 13.2 Å². The second-order valence-corrected chi connectivity index (χ2v) is 9.84. The minimum absolute atomic E-state index is 0.196. The third-order valence-corrected chi connectivity index (χ3v) is 6.89. The molecule has 0 aromatic heterocycles. The van der Waals surface area contributed by atoms with Crippen molar-refractivity contribution in [3.05, 3.63) is 95.6 Å². The maximum Gasteiger partial charge on any atom is 0.491 e. The monoisotopic (exact) mass is 581 g/mol. The smallest absolute Gasteiger partial charge is 0.386 e. The summed E-state index contributed by atoms with van der Waals surface area (Å²) < 4.78 is 42.4. The molecule has 1 heterocycles. The van der Waals surface area contributed by atoms with Crippen LogP contribution in [0.1, 0.15) is 53.2 Å². The van der Waals surface area contributed by atoms with Crippen molar-refractivity contribution in [1.82, 2.24) is 4.90 Å². The van der Waals surface area contributed by atoms with E-state index in [2.05, 4.69) is 4.74 Å². The SMILES string of the molecule is NCCCCCc1ccc2c(c1)C(=O)N(C(CC(=O)OC(=O)C(F)(F)F)c1ccccc1)CC(=O)N2c1ccccc1. The highest BCUT2D eigenvalue weighted by molar-refractivity contribution is 6.13. The standard InChI is InChI=1S/C31H30F3N3O5/c32-31(33,34)30(41)42-28(39)19-26(22-11-5-1-6-12-22)36-20-27(38)37(23-13-7-2-8-14-23)25-16-15-21(10-4-3-9-17-35)18-24(25)29(36)40/h1-2,5-8,11-16,18,26H,3-4,9-10,17,19-20,35H2. The van der Waals surface area contributed by atoms with Gasteiger partial charge in [0.05, 0.1) is 23.7 Å². The summed E-state index contributed by atoms with van der Waals surface area (Å²) in [5.41, 5.74) is 7.88. The van der Waals surface area contributed by atoms with Crippen LogP contribution in [-0.2, 0) is 25.5 Å². The number of esters is 2. The van der Waals surface area contributed by atoms with Crippen LogP contribution in [0.2, 0.25) is 0 Å². The number of unbranched alkanes of at least 4 members (excludes halogenated alkanes) is 2. The number of para-hydroxylation sites is 1. The Morgan fingerprint density at radius 3 is 2.21 bits per heavy atom. The lowest BCUT2D eigenvalue weighted by atomic mass is 9.99. The first-order chi connectivity index (χ1) is 20.1. The normalized spacial score (nSPS) is 14.3. The Kier molecular flexibility index (Phi) is 9.74. The number of rotatable bonds is 10. The van der Waals surface area contributed by atoms with Gasteiger partial charge in [-0.25, -0.2) is 4.79 Å². The first-order valence-corrected chi connectivity index (χ1v) is 13.5. The van der Waals surface area contributed by atoms with Crippen LogP contribution in [0.15, 0.2) is 78.9 Å². The zero-order valence-electron chi connectivity index (χ0n) is 22.7. The predicted molar refractivity (Wildman–Crippen MR) is 149 cm³/mol. The minimum Gasteiger partial charge on any atom is -0.386 e. The average molecular weight is 582 g/mol. The van der Waals surface area contributed by atoms with E-state index >= 15 is 0 Å². The number of hydrogen-bond acceptors (Lipinski definition) is 6. The van der Waals surface area contributed by atoms with Crippen molar-refractivity contribution in [1.29, 1.82) is 0 Å². The number of halogens is 3. The highest BCUT2D eigenvalue weighted by Crippen LogP contribution is 2.37. The lowest BCUT2D eigenvalue weighted by Gasteiger charge is -2.30. The summed E-state index contributed by atoms with van der Waals surface area (Å²) >= 11 is 0. The molecule has 11 heteroatoms. The Balaban J connectivity index is 1.76. The maximum atomic E-state index is 14.2. The summed E-state index contributed by atoms with van der Waals surface area (Å²) in [5.74, 6) is -5.23. The van der Waals surface area contributed by atoms with Crippen LogP contribution in [0.4, 0.5) is 24.5 Å². The summed E-state index contributed by atoms with van der Waals surface area (Å²) in [6, 6.07) is 20.9. The number of benzene rings is 3. The van der Waals surface area contributed by atoms with Gasteiger partial charge in [-0.3, -0.25) is 19.3 Å². The van der Waals surface area contributed by atoms with Crippen molar-refractivity contribution in [2.75, 3.05) is 18.0 Å². The minimum atomic E-state index is -5.37. The molecule has 8 nitrogen and oxygen atoms in total. The van der Waals surface area contributed by atoms with Gasteiger partial charge in [0.2, 0.25) is 0 Å². The summed E-state index contributed by atoms with van der Waals surface area (Å²) in [6.07, 6.45) is -2.90. The van der Waals surface area contributed by atoms with Gasteiger partial charge in [0.1, 0.15) is 6.54 Å². The van der Waals surface area contributed by atoms with Gasteiger partial charge in [0.25, 0.3) is 11.8 Å². The molecule has 0 saturated heterocycles. The first-order valence-electron chi connectivity index (χ1n) is 13.5. The van der Waals surface area contributed by atoms with Gasteiger partial charge < -0.3 is 15.4 Å². The molecule has 220 valence electrons. The molecule has 2 N–H and O–H groups in total. The predicted octanol–water partition coefficient (Wildman–Crippen LogP) is 5.24. The fourth-order valence-corrected chi connectivity index (χ4v) is 4.89. The highest BCUT2D eigenvalue weighted by Gasteiger charge is 2.43. The largest absolute Gasteiger partial charge is 0.491 e. The first kappa shape index (κ1) is 30.4. The van der Waals surface area contributed by atoms with E-state index in [9.17, 15) is 32.3 Å². The van der Waals surface area contributed by atoms with Crippen LogP contribution in [0.5, 0.6) is 0 Å². The van der Waals surface area contributed by atoms with E-state index in [4.69, 9.17) is 5.73 Å². The Morgan fingerprint density at radius 1 is 0.905 bits per heavy atom. The molecule has 0 fully saturated rings. The fourth-order valence-electron chi connectivity index (χ4n) is 4.89. The molecule has 42 heavy (non-hydrogen) atoms. The maximum absolute atomic E-state index is 14.2. The number of anilines is 2. The number of carbonyl (C=O) groups is 4. The number of amides is 2. The number of nitrogens with two attached hydrogens (primary N) is 1. The molecule has 3 aromatic carbocycles.